The summed E-state index contributed by atoms with van der Waals surface area (Å²) in [5.41, 5.74) is 0.239. The minimum atomic E-state index is -1.27. The molecule has 28 heavy (non-hydrogen) atoms. The van der Waals surface area contributed by atoms with E-state index in [1.807, 2.05) is 0 Å². The Morgan fingerprint density at radius 3 is 2.21 bits per heavy atom. The number of hydrogen-bond donors (Lipinski definition) is 2. The first kappa shape index (κ1) is 24.1. The van der Waals surface area contributed by atoms with Crippen LogP contribution in [0, 0.1) is 5.92 Å². The first-order chi connectivity index (χ1) is 13.5. The third-order valence-electron chi connectivity index (χ3n) is 5.04. The van der Waals surface area contributed by atoms with Crippen molar-refractivity contribution in [3.63, 3.8) is 0 Å². The minimum Gasteiger partial charge on any atom is -0.481 e. The highest BCUT2D eigenvalue weighted by Crippen LogP contribution is 2.34. The highest BCUT2D eigenvalue weighted by Gasteiger charge is 2.27. The summed E-state index contributed by atoms with van der Waals surface area (Å²) in [7, 11) is 0. The van der Waals surface area contributed by atoms with Gasteiger partial charge in [-0.25, -0.2) is 4.79 Å². The lowest BCUT2D eigenvalue weighted by molar-refractivity contribution is -0.144. The van der Waals surface area contributed by atoms with Gasteiger partial charge in [-0.1, -0.05) is 45.4 Å². The number of rotatable bonds is 14. The second kappa shape index (κ2) is 14.2. The molecule has 1 fully saturated rings. The molecule has 0 aromatic rings. The fraction of sp³-hybridized carbons (Fsp3) is 0.762. The highest BCUT2D eigenvalue weighted by molar-refractivity contribution is 5.94. The van der Waals surface area contributed by atoms with Crippen LogP contribution in [0.4, 0.5) is 0 Å². The number of hydrogen-bond acceptors (Lipinski definition) is 5. The zero-order valence-corrected chi connectivity index (χ0v) is 16.9. The van der Waals surface area contributed by atoms with Gasteiger partial charge in [0.1, 0.15) is 6.61 Å². The van der Waals surface area contributed by atoms with Gasteiger partial charge in [-0.05, 0) is 30.8 Å². The molecule has 0 aromatic carbocycles. The van der Waals surface area contributed by atoms with E-state index in [1.165, 1.54) is 6.42 Å². The summed E-state index contributed by atoms with van der Waals surface area (Å²) in [6.45, 7) is 3.20. The highest BCUT2D eigenvalue weighted by atomic mass is 16.6. The van der Waals surface area contributed by atoms with Gasteiger partial charge in [-0.2, -0.15) is 0 Å². The molecule has 0 atom stereocenters. The largest absolute Gasteiger partial charge is 0.481 e. The van der Waals surface area contributed by atoms with Crippen molar-refractivity contribution < 1.29 is 34.1 Å². The third-order valence-corrected chi connectivity index (χ3v) is 5.04. The molecular weight excluding hydrogens is 364 g/mol. The lowest BCUT2D eigenvalue weighted by atomic mass is 9.80. The van der Waals surface area contributed by atoms with Crippen molar-refractivity contribution in [3.05, 3.63) is 11.1 Å². The summed E-state index contributed by atoms with van der Waals surface area (Å²) in [6.07, 6.45) is 8.22. The summed E-state index contributed by atoms with van der Waals surface area (Å²) in [5, 5.41) is 18.5. The summed E-state index contributed by atoms with van der Waals surface area (Å²) in [5.74, 6) is -3.08. The summed E-state index contributed by atoms with van der Waals surface area (Å²) in [4.78, 5) is 34.9. The van der Waals surface area contributed by atoms with Crippen molar-refractivity contribution in [1.29, 1.82) is 0 Å². The van der Waals surface area contributed by atoms with E-state index < -0.39 is 24.3 Å². The van der Waals surface area contributed by atoms with Crippen LogP contribution >= 0.6 is 0 Å². The minimum absolute atomic E-state index is 0.0680. The molecular formula is C21H34O7. The smallest absolute Gasteiger partial charge is 0.332 e. The summed E-state index contributed by atoms with van der Waals surface area (Å²) < 4.78 is 10.6. The first-order valence-corrected chi connectivity index (χ1v) is 10.4. The number of carboxylic acids is 2. The predicted octanol–water partition coefficient (Wildman–Crippen LogP) is 3.95. The SMILES string of the molecule is CCCCCCOCCOC(=O)CC(=C(CC(=O)O)C(=O)O)C1CCCCC1. The molecule has 0 aliphatic heterocycles. The van der Waals surface area contributed by atoms with Gasteiger partial charge in [0.15, 0.2) is 0 Å². The molecule has 1 saturated carbocycles. The van der Waals surface area contributed by atoms with Gasteiger partial charge in [-0.15, -0.1) is 0 Å². The Bertz CT molecular complexity index is 533. The normalized spacial score (nSPS) is 15.8. The molecule has 1 aliphatic carbocycles. The van der Waals surface area contributed by atoms with Crippen LogP contribution in [0.1, 0.15) is 77.6 Å². The fourth-order valence-electron chi connectivity index (χ4n) is 3.58. The van der Waals surface area contributed by atoms with Gasteiger partial charge in [0, 0.05) is 12.2 Å². The van der Waals surface area contributed by atoms with Crippen LogP contribution < -0.4 is 0 Å². The Morgan fingerprint density at radius 2 is 1.61 bits per heavy atom. The number of carbonyl (C=O) groups is 3. The van der Waals surface area contributed by atoms with Crippen LogP contribution in [0.3, 0.4) is 0 Å². The van der Waals surface area contributed by atoms with Crippen LogP contribution in [0.5, 0.6) is 0 Å². The van der Waals surface area contributed by atoms with Gasteiger partial charge >= 0.3 is 17.9 Å². The van der Waals surface area contributed by atoms with Gasteiger partial charge < -0.3 is 19.7 Å². The van der Waals surface area contributed by atoms with E-state index in [0.29, 0.717) is 18.8 Å². The Balaban J connectivity index is 2.59. The Labute approximate surface area is 167 Å². The molecule has 0 heterocycles. The van der Waals surface area contributed by atoms with E-state index in [1.54, 1.807) is 0 Å². The van der Waals surface area contributed by atoms with Crippen LogP contribution in [0.25, 0.3) is 0 Å². The topological polar surface area (TPSA) is 110 Å². The molecule has 0 unspecified atom stereocenters. The maximum absolute atomic E-state index is 12.2. The molecule has 160 valence electrons. The molecule has 7 nitrogen and oxygen atoms in total. The number of unbranched alkanes of at least 4 members (excludes halogenated alkanes) is 3. The molecule has 7 heteroatoms. The summed E-state index contributed by atoms with van der Waals surface area (Å²) in [6, 6.07) is 0. The zero-order chi connectivity index (χ0) is 20.8. The molecule has 0 bridgehead atoms. The number of aliphatic carboxylic acids is 2. The molecule has 0 aromatic heterocycles. The predicted molar refractivity (Wildman–Crippen MR) is 104 cm³/mol. The summed E-state index contributed by atoms with van der Waals surface area (Å²) >= 11 is 0. The van der Waals surface area contributed by atoms with Gasteiger partial charge in [-0.3, -0.25) is 9.59 Å². The van der Waals surface area contributed by atoms with Crippen molar-refractivity contribution in [1.82, 2.24) is 0 Å². The first-order valence-electron chi connectivity index (χ1n) is 10.4. The quantitative estimate of drug-likeness (QED) is 0.259. The molecule has 1 rings (SSSR count). The second-order valence-electron chi connectivity index (χ2n) is 7.28. The van der Waals surface area contributed by atoms with Crippen molar-refractivity contribution >= 4 is 17.9 Å². The van der Waals surface area contributed by atoms with E-state index in [9.17, 15) is 19.5 Å². The number of esters is 1. The molecule has 0 amide bonds. The lowest BCUT2D eigenvalue weighted by Crippen LogP contribution is -2.21. The number of ether oxygens (including phenoxy) is 2. The molecule has 0 radical (unpaired) electrons. The molecule has 1 aliphatic rings. The van der Waals surface area contributed by atoms with Crippen LogP contribution in [0.15, 0.2) is 11.1 Å². The lowest BCUT2D eigenvalue weighted by Gasteiger charge is -2.26. The number of carbonyl (C=O) groups excluding carboxylic acids is 1. The van der Waals surface area contributed by atoms with Crippen molar-refractivity contribution in [2.24, 2.45) is 5.92 Å². The zero-order valence-electron chi connectivity index (χ0n) is 16.9. The average Bonchev–Trinajstić information content (AvgIpc) is 2.67. The molecule has 2 N–H and O–H groups in total. The van der Waals surface area contributed by atoms with Gasteiger partial charge in [0.25, 0.3) is 0 Å². The van der Waals surface area contributed by atoms with E-state index >= 15 is 0 Å². The van der Waals surface area contributed by atoms with E-state index in [2.05, 4.69) is 6.92 Å². The fourth-order valence-corrected chi connectivity index (χ4v) is 3.58. The van der Waals surface area contributed by atoms with E-state index in [4.69, 9.17) is 14.6 Å². The third kappa shape index (κ3) is 9.88. The Kier molecular flexibility index (Phi) is 12.2. The van der Waals surface area contributed by atoms with Crippen molar-refractivity contribution in [2.45, 2.75) is 77.6 Å². The van der Waals surface area contributed by atoms with Crippen LogP contribution in [-0.4, -0.2) is 47.9 Å². The van der Waals surface area contributed by atoms with Crippen LogP contribution in [0.2, 0.25) is 0 Å². The van der Waals surface area contributed by atoms with Gasteiger partial charge in [0.05, 0.1) is 19.4 Å². The van der Waals surface area contributed by atoms with E-state index in [-0.39, 0.29) is 24.5 Å². The Hall–Kier alpha value is -1.89. The maximum atomic E-state index is 12.2. The van der Waals surface area contributed by atoms with Crippen molar-refractivity contribution in [2.75, 3.05) is 19.8 Å². The van der Waals surface area contributed by atoms with Crippen molar-refractivity contribution in [3.8, 4) is 0 Å². The maximum Gasteiger partial charge on any atom is 0.332 e. The monoisotopic (exact) mass is 398 g/mol. The van der Waals surface area contributed by atoms with E-state index in [0.717, 1.165) is 51.4 Å². The molecule has 0 saturated heterocycles. The molecule has 0 spiro atoms. The standard InChI is InChI=1S/C21H34O7/c1-2-3-4-8-11-27-12-13-28-20(24)15-17(16-9-6-5-7-10-16)18(21(25)26)14-19(22)23/h16H,2-15H2,1H3,(H,22,23)(H,25,26). The average molecular weight is 398 g/mol. The number of carboxylic acid groups (broad SMARTS) is 2. The van der Waals surface area contributed by atoms with Crippen LogP contribution in [-0.2, 0) is 23.9 Å². The second-order valence-corrected chi connectivity index (χ2v) is 7.28. The Morgan fingerprint density at radius 1 is 0.893 bits per heavy atom. The van der Waals surface area contributed by atoms with Gasteiger partial charge in [0.2, 0.25) is 0 Å².